The zero-order valence-corrected chi connectivity index (χ0v) is 25.8. The van der Waals surface area contributed by atoms with Crippen molar-refractivity contribution in [3.63, 3.8) is 0 Å². The predicted molar refractivity (Wildman–Crippen MR) is 173 cm³/mol. The van der Waals surface area contributed by atoms with Crippen molar-refractivity contribution < 1.29 is 33.3 Å². The van der Waals surface area contributed by atoms with E-state index in [0.717, 1.165) is 28.2 Å². The molecule has 0 unspecified atom stereocenters. The highest BCUT2D eigenvalue weighted by Gasteiger charge is 2.48. The summed E-state index contributed by atoms with van der Waals surface area (Å²) < 4.78 is 32.5. The largest absolute Gasteiger partial charge is 0.507 e. The van der Waals surface area contributed by atoms with Gasteiger partial charge in [0.2, 0.25) is 0 Å². The molecule has 0 spiro atoms. The maximum atomic E-state index is 14.1. The van der Waals surface area contributed by atoms with Crippen LogP contribution in [-0.4, -0.2) is 34.5 Å². The Morgan fingerprint density at radius 2 is 1.85 bits per heavy atom. The van der Waals surface area contributed by atoms with Crippen molar-refractivity contribution in [3.05, 3.63) is 119 Å². The normalized spacial score (nSPS) is 18.5. The zero-order chi connectivity index (χ0) is 31.9. The second-order valence-electron chi connectivity index (χ2n) is 11.1. The van der Waals surface area contributed by atoms with E-state index in [2.05, 4.69) is 4.98 Å². The topological polar surface area (TPSA) is 98.2 Å². The van der Waals surface area contributed by atoms with Crippen molar-refractivity contribution in [1.29, 1.82) is 0 Å². The minimum absolute atomic E-state index is 0.0125. The van der Waals surface area contributed by atoms with E-state index in [9.17, 15) is 19.1 Å². The van der Waals surface area contributed by atoms with Crippen LogP contribution in [0.3, 0.4) is 0 Å². The molecule has 1 saturated heterocycles. The van der Waals surface area contributed by atoms with Crippen molar-refractivity contribution in [3.8, 4) is 17.2 Å². The van der Waals surface area contributed by atoms with E-state index < -0.39 is 23.5 Å². The molecule has 7 rings (SSSR count). The first kappa shape index (κ1) is 29.5. The first-order valence-corrected chi connectivity index (χ1v) is 15.7. The molecular formula is C36H29FN2O6S. The molecule has 46 heavy (non-hydrogen) atoms. The minimum Gasteiger partial charge on any atom is -0.507 e. The van der Waals surface area contributed by atoms with Crippen LogP contribution in [0.1, 0.15) is 42.1 Å². The Balaban J connectivity index is 1.36. The van der Waals surface area contributed by atoms with Gasteiger partial charge in [0.05, 0.1) is 28.4 Å². The summed E-state index contributed by atoms with van der Waals surface area (Å²) in [6.45, 7) is 4.45. The number of carbonyl (C=O) groups is 2. The number of halogens is 1. The van der Waals surface area contributed by atoms with Crippen LogP contribution in [0, 0.1) is 5.82 Å². The second-order valence-corrected chi connectivity index (χ2v) is 12.2. The van der Waals surface area contributed by atoms with Gasteiger partial charge >= 0.3 is 5.91 Å². The number of anilines is 1. The lowest BCUT2D eigenvalue weighted by molar-refractivity contribution is -0.132. The number of thiazole rings is 1. The predicted octanol–water partition coefficient (Wildman–Crippen LogP) is 7.36. The van der Waals surface area contributed by atoms with Crippen LogP contribution >= 0.6 is 11.3 Å². The van der Waals surface area contributed by atoms with Crippen LogP contribution in [0.4, 0.5) is 9.52 Å². The van der Waals surface area contributed by atoms with E-state index in [1.54, 1.807) is 36.4 Å². The Hall–Kier alpha value is -5.22. The molecule has 0 aliphatic carbocycles. The number of ether oxygens (including phenoxy) is 3. The van der Waals surface area contributed by atoms with Gasteiger partial charge in [-0.05, 0) is 79.1 Å². The second kappa shape index (κ2) is 11.9. The molecule has 1 aromatic heterocycles. The number of fused-ring (bicyclic) bond motifs is 2. The standard InChI is InChI=1S/C36H29FN2O6S/c1-3-43-29-17-22(9-14-28(29)44-19-21-7-5-4-6-8-21)32-31(33(40)23-10-13-27-24(16-23)15-20(2)45-27)34(41)35(42)39(32)36-38-26-12-11-25(37)18-30(26)46-36/h4-14,16-18,20,32,40H,3,15,19H2,1-2H3/t20-,32+/m1/s1. The highest BCUT2D eigenvalue weighted by atomic mass is 32.1. The molecule has 2 aliphatic rings. The number of aliphatic hydroxyl groups is 1. The Labute approximate surface area is 268 Å². The lowest BCUT2D eigenvalue weighted by Crippen LogP contribution is -2.29. The summed E-state index contributed by atoms with van der Waals surface area (Å²) in [7, 11) is 0. The molecule has 3 heterocycles. The molecule has 4 aromatic carbocycles. The molecule has 232 valence electrons. The van der Waals surface area contributed by atoms with Crippen LogP contribution in [0.5, 0.6) is 17.2 Å². The summed E-state index contributed by atoms with van der Waals surface area (Å²) in [5.74, 6) is -0.861. The Kier molecular flexibility index (Phi) is 7.66. The fraction of sp³-hybridized carbons (Fsp3) is 0.194. The molecule has 2 atom stereocenters. The number of aromatic nitrogens is 1. The van der Waals surface area contributed by atoms with Gasteiger partial charge in [0.15, 0.2) is 16.6 Å². The van der Waals surface area contributed by atoms with Gasteiger partial charge in [-0.15, -0.1) is 0 Å². The van der Waals surface area contributed by atoms with Crippen LogP contribution in [0.25, 0.3) is 16.0 Å². The van der Waals surface area contributed by atoms with Crippen molar-refractivity contribution in [2.75, 3.05) is 11.5 Å². The number of carbonyl (C=O) groups excluding carboxylic acids is 2. The molecule has 1 fully saturated rings. The zero-order valence-electron chi connectivity index (χ0n) is 25.0. The van der Waals surface area contributed by atoms with Crippen LogP contribution in [0.15, 0.2) is 90.5 Å². The SMILES string of the molecule is CCOc1cc([C@H]2C(=C(O)c3ccc4c(c3)C[C@@H](C)O4)C(=O)C(=O)N2c2nc3ccc(F)cc3s2)ccc1OCc1ccccc1. The van der Waals surface area contributed by atoms with Gasteiger partial charge in [0, 0.05) is 12.0 Å². The quantitative estimate of drug-likeness (QED) is 0.108. The number of ketones is 1. The number of nitrogens with zero attached hydrogens (tertiary/aromatic N) is 2. The number of hydrogen-bond acceptors (Lipinski definition) is 8. The molecule has 1 amide bonds. The van der Waals surface area contributed by atoms with Crippen LogP contribution in [0.2, 0.25) is 0 Å². The highest BCUT2D eigenvalue weighted by Crippen LogP contribution is 2.46. The van der Waals surface area contributed by atoms with Gasteiger partial charge in [-0.2, -0.15) is 0 Å². The number of aliphatic hydroxyl groups excluding tert-OH is 1. The average molecular weight is 637 g/mol. The summed E-state index contributed by atoms with van der Waals surface area (Å²) in [4.78, 5) is 33.5. The van der Waals surface area contributed by atoms with E-state index in [0.29, 0.717) is 52.5 Å². The van der Waals surface area contributed by atoms with Crippen molar-refractivity contribution in [2.45, 2.75) is 39.0 Å². The molecule has 10 heteroatoms. The van der Waals surface area contributed by atoms with Gasteiger partial charge in [-0.3, -0.25) is 14.5 Å². The molecule has 0 bridgehead atoms. The molecular weight excluding hydrogens is 607 g/mol. The van der Waals surface area contributed by atoms with Gasteiger partial charge in [-0.1, -0.05) is 47.7 Å². The average Bonchev–Trinajstić information content (AvgIpc) is 3.72. The smallest absolute Gasteiger partial charge is 0.301 e. The number of benzene rings is 4. The lowest BCUT2D eigenvalue weighted by atomic mass is 9.94. The Morgan fingerprint density at radius 1 is 1.02 bits per heavy atom. The van der Waals surface area contributed by atoms with E-state index in [1.165, 1.54) is 23.1 Å². The van der Waals surface area contributed by atoms with Gasteiger partial charge < -0.3 is 19.3 Å². The summed E-state index contributed by atoms with van der Waals surface area (Å²) in [5, 5.41) is 11.9. The van der Waals surface area contributed by atoms with Crippen molar-refractivity contribution in [2.24, 2.45) is 0 Å². The summed E-state index contributed by atoms with van der Waals surface area (Å²) in [6.07, 6.45) is 0.639. The molecule has 2 aliphatic heterocycles. The number of amides is 1. The van der Waals surface area contributed by atoms with Crippen molar-refractivity contribution >= 4 is 44.1 Å². The summed E-state index contributed by atoms with van der Waals surface area (Å²) in [6, 6.07) is 23.2. The third kappa shape index (κ3) is 5.34. The molecule has 5 aromatic rings. The molecule has 8 nitrogen and oxygen atoms in total. The lowest BCUT2D eigenvalue weighted by Gasteiger charge is -2.24. The maximum absolute atomic E-state index is 14.1. The number of hydrogen-bond donors (Lipinski definition) is 1. The Morgan fingerprint density at radius 3 is 2.65 bits per heavy atom. The van der Waals surface area contributed by atoms with Crippen molar-refractivity contribution in [1.82, 2.24) is 4.98 Å². The minimum atomic E-state index is -1.06. The van der Waals surface area contributed by atoms with E-state index in [1.807, 2.05) is 44.2 Å². The van der Waals surface area contributed by atoms with Gasteiger partial charge in [0.25, 0.3) is 5.78 Å². The Bertz CT molecular complexity index is 2020. The van der Waals surface area contributed by atoms with Crippen LogP contribution in [-0.2, 0) is 22.6 Å². The monoisotopic (exact) mass is 636 g/mol. The van der Waals surface area contributed by atoms with Gasteiger partial charge in [0.1, 0.15) is 30.0 Å². The summed E-state index contributed by atoms with van der Waals surface area (Å²) in [5.41, 5.74) is 3.15. The van der Waals surface area contributed by atoms with E-state index in [4.69, 9.17) is 14.2 Å². The van der Waals surface area contributed by atoms with Crippen LogP contribution < -0.4 is 19.1 Å². The first-order valence-electron chi connectivity index (χ1n) is 14.9. The third-order valence-corrected chi connectivity index (χ3v) is 9.00. The number of rotatable bonds is 8. The number of Topliss-reactive ketones (excluding diaryl/α,β-unsaturated/α-hetero) is 1. The maximum Gasteiger partial charge on any atom is 0.301 e. The molecule has 1 N–H and O–H groups in total. The molecule has 0 radical (unpaired) electrons. The van der Waals surface area contributed by atoms with Gasteiger partial charge in [-0.25, -0.2) is 9.37 Å². The highest BCUT2D eigenvalue weighted by molar-refractivity contribution is 7.22. The van der Waals surface area contributed by atoms with E-state index in [-0.39, 0.29) is 22.6 Å². The first-order chi connectivity index (χ1) is 22.3. The summed E-state index contributed by atoms with van der Waals surface area (Å²) >= 11 is 1.09. The fourth-order valence-electron chi connectivity index (χ4n) is 5.88. The van der Waals surface area contributed by atoms with E-state index >= 15 is 0 Å². The third-order valence-electron chi connectivity index (χ3n) is 7.98. The molecule has 0 saturated carbocycles. The fourth-order valence-corrected chi connectivity index (χ4v) is 6.89.